The first-order valence-electron chi connectivity index (χ1n) is 7.42. The third-order valence-corrected chi connectivity index (χ3v) is 3.77. The normalized spacial score (nSPS) is 19.0. The molecule has 0 aliphatic carbocycles. The van der Waals surface area contributed by atoms with Crippen LogP contribution < -0.4 is 14.8 Å². The summed E-state index contributed by atoms with van der Waals surface area (Å²) in [7, 11) is 1.65. The quantitative estimate of drug-likeness (QED) is 0.939. The van der Waals surface area contributed by atoms with Crippen molar-refractivity contribution in [3.05, 3.63) is 36.7 Å². The SMILES string of the molecule is COc1ccc(Oc2cnn(C3CCCCNC3)c2)cc1. The van der Waals surface area contributed by atoms with E-state index >= 15 is 0 Å². The molecule has 21 heavy (non-hydrogen) atoms. The van der Waals surface area contributed by atoms with Crippen molar-refractivity contribution in [2.45, 2.75) is 25.3 Å². The summed E-state index contributed by atoms with van der Waals surface area (Å²) in [5, 5.41) is 7.89. The molecule has 1 aliphatic heterocycles. The molecule has 0 spiro atoms. The highest BCUT2D eigenvalue weighted by atomic mass is 16.5. The van der Waals surface area contributed by atoms with Crippen LogP contribution in [0.2, 0.25) is 0 Å². The van der Waals surface area contributed by atoms with Gasteiger partial charge in [0, 0.05) is 6.54 Å². The van der Waals surface area contributed by atoms with Gasteiger partial charge in [-0.15, -0.1) is 0 Å². The van der Waals surface area contributed by atoms with Crippen molar-refractivity contribution < 1.29 is 9.47 Å². The summed E-state index contributed by atoms with van der Waals surface area (Å²) in [6.45, 7) is 2.08. The molecule has 1 fully saturated rings. The second kappa shape index (κ2) is 6.63. The lowest BCUT2D eigenvalue weighted by atomic mass is 10.1. The fraction of sp³-hybridized carbons (Fsp3) is 0.438. The number of methoxy groups -OCH3 is 1. The highest BCUT2D eigenvalue weighted by Crippen LogP contribution is 2.25. The highest BCUT2D eigenvalue weighted by molar-refractivity contribution is 5.34. The Bertz CT molecular complexity index is 557. The smallest absolute Gasteiger partial charge is 0.165 e. The molecule has 1 aromatic heterocycles. The van der Waals surface area contributed by atoms with E-state index in [4.69, 9.17) is 9.47 Å². The highest BCUT2D eigenvalue weighted by Gasteiger charge is 2.15. The zero-order valence-corrected chi connectivity index (χ0v) is 12.3. The molecule has 5 heteroatoms. The van der Waals surface area contributed by atoms with Crippen molar-refractivity contribution in [2.24, 2.45) is 0 Å². The van der Waals surface area contributed by atoms with Crippen molar-refractivity contribution in [1.82, 2.24) is 15.1 Å². The lowest BCUT2D eigenvalue weighted by Crippen LogP contribution is -2.23. The Morgan fingerprint density at radius 1 is 1.14 bits per heavy atom. The number of hydrogen-bond acceptors (Lipinski definition) is 4. The summed E-state index contributed by atoms with van der Waals surface area (Å²) < 4.78 is 13.0. The van der Waals surface area contributed by atoms with Crippen molar-refractivity contribution >= 4 is 0 Å². The van der Waals surface area contributed by atoms with Crippen LogP contribution in [-0.4, -0.2) is 30.0 Å². The fourth-order valence-electron chi connectivity index (χ4n) is 2.58. The summed E-state index contributed by atoms with van der Waals surface area (Å²) in [6.07, 6.45) is 7.40. The Balaban J connectivity index is 1.66. The van der Waals surface area contributed by atoms with Gasteiger partial charge in [-0.1, -0.05) is 6.42 Å². The fourth-order valence-corrected chi connectivity index (χ4v) is 2.58. The standard InChI is InChI=1S/C16H21N3O2/c1-20-14-5-7-15(8-6-14)21-16-11-18-19(12-16)13-4-2-3-9-17-10-13/h5-8,11-13,17H,2-4,9-10H2,1H3. The zero-order chi connectivity index (χ0) is 14.5. The first-order valence-corrected chi connectivity index (χ1v) is 7.42. The molecule has 0 amide bonds. The van der Waals surface area contributed by atoms with Gasteiger partial charge in [-0.3, -0.25) is 4.68 Å². The number of ether oxygens (including phenoxy) is 2. The van der Waals surface area contributed by atoms with Gasteiger partial charge in [0.2, 0.25) is 0 Å². The van der Waals surface area contributed by atoms with Crippen LogP contribution in [0.25, 0.3) is 0 Å². The van der Waals surface area contributed by atoms with E-state index in [1.165, 1.54) is 12.8 Å². The minimum atomic E-state index is 0.417. The summed E-state index contributed by atoms with van der Waals surface area (Å²) >= 11 is 0. The second-order valence-corrected chi connectivity index (χ2v) is 5.29. The Hall–Kier alpha value is -2.01. The molecule has 3 rings (SSSR count). The molecule has 112 valence electrons. The van der Waals surface area contributed by atoms with Gasteiger partial charge in [0.1, 0.15) is 11.5 Å². The van der Waals surface area contributed by atoms with Crippen molar-refractivity contribution in [1.29, 1.82) is 0 Å². The molecule has 1 aromatic carbocycles. The summed E-state index contributed by atoms with van der Waals surface area (Å²) in [6, 6.07) is 7.97. The molecule has 0 bridgehead atoms. The minimum Gasteiger partial charge on any atom is -0.497 e. The van der Waals surface area contributed by atoms with Crippen molar-refractivity contribution in [3.8, 4) is 17.2 Å². The predicted octanol–water partition coefficient (Wildman–Crippen LogP) is 3.00. The molecule has 0 radical (unpaired) electrons. The van der Waals surface area contributed by atoms with Gasteiger partial charge in [0.25, 0.3) is 0 Å². The van der Waals surface area contributed by atoms with Crippen LogP contribution in [0.15, 0.2) is 36.7 Å². The number of aromatic nitrogens is 2. The largest absolute Gasteiger partial charge is 0.497 e. The average molecular weight is 287 g/mol. The first kappa shape index (κ1) is 13.9. The van der Waals surface area contributed by atoms with E-state index in [0.29, 0.717) is 6.04 Å². The number of nitrogens with zero attached hydrogens (tertiary/aromatic N) is 2. The topological polar surface area (TPSA) is 48.3 Å². The van der Waals surface area contributed by atoms with Gasteiger partial charge in [0.15, 0.2) is 5.75 Å². The van der Waals surface area contributed by atoms with Gasteiger partial charge in [-0.25, -0.2) is 0 Å². The van der Waals surface area contributed by atoms with E-state index in [1.807, 2.05) is 35.1 Å². The molecule has 1 atom stereocenters. The summed E-state index contributed by atoms with van der Waals surface area (Å²) in [5.74, 6) is 2.38. The predicted molar refractivity (Wildman–Crippen MR) is 81.1 cm³/mol. The third kappa shape index (κ3) is 3.55. The van der Waals surface area contributed by atoms with Gasteiger partial charge in [-0.05, 0) is 43.7 Å². The maximum Gasteiger partial charge on any atom is 0.165 e. The first-order chi connectivity index (χ1) is 10.3. The molecule has 5 nitrogen and oxygen atoms in total. The monoisotopic (exact) mass is 287 g/mol. The molecule has 1 unspecified atom stereocenters. The van der Waals surface area contributed by atoms with Crippen LogP contribution >= 0.6 is 0 Å². The van der Waals surface area contributed by atoms with Crippen molar-refractivity contribution in [3.63, 3.8) is 0 Å². The minimum absolute atomic E-state index is 0.417. The van der Waals surface area contributed by atoms with E-state index in [2.05, 4.69) is 10.4 Å². The molecule has 1 aliphatic rings. The average Bonchev–Trinajstić information content (AvgIpc) is 2.81. The number of hydrogen-bond donors (Lipinski definition) is 1. The van der Waals surface area contributed by atoms with E-state index < -0.39 is 0 Å². The van der Waals surface area contributed by atoms with Gasteiger partial charge >= 0.3 is 0 Å². The Morgan fingerprint density at radius 2 is 1.95 bits per heavy atom. The Kier molecular flexibility index (Phi) is 4.40. The maximum absolute atomic E-state index is 5.82. The molecule has 1 N–H and O–H groups in total. The van der Waals surface area contributed by atoms with E-state index in [-0.39, 0.29) is 0 Å². The lowest BCUT2D eigenvalue weighted by Gasteiger charge is -2.14. The molecule has 2 aromatic rings. The van der Waals surface area contributed by atoms with E-state index in [0.717, 1.165) is 36.8 Å². The van der Waals surface area contributed by atoms with E-state index in [1.54, 1.807) is 13.3 Å². The van der Waals surface area contributed by atoms with Gasteiger partial charge in [-0.2, -0.15) is 5.10 Å². The molecule has 2 heterocycles. The second-order valence-electron chi connectivity index (χ2n) is 5.29. The summed E-state index contributed by atoms with van der Waals surface area (Å²) in [4.78, 5) is 0. The van der Waals surface area contributed by atoms with Crippen LogP contribution in [0, 0.1) is 0 Å². The number of benzene rings is 1. The zero-order valence-electron chi connectivity index (χ0n) is 12.3. The Labute approximate surface area is 124 Å². The molecular weight excluding hydrogens is 266 g/mol. The molecular formula is C16H21N3O2. The third-order valence-electron chi connectivity index (χ3n) is 3.77. The molecule has 1 saturated heterocycles. The lowest BCUT2D eigenvalue weighted by molar-refractivity contribution is 0.412. The van der Waals surface area contributed by atoms with E-state index in [9.17, 15) is 0 Å². The number of rotatable bonds is 4. The van der Waals surface area contributed by atoms with Gasteiger partial charge in [0.05, 0.1) is 25.5 Å². The van der Waals surface area contributed by atoms with Crippen LogP contribution in [0.3, 0.4) is 0 Å². The van der Waals surface area contributed by atoms with Gasteiger partial charge < -0.3 is 14.8 Å². The van der Waals surface area contributed by atoms with Crippen LogP contribution in [0.4, 0.5) is 0 Å². The summed E-state index contributed by atoms with van der Waals surface area (Å²) in [5.41, 5.74) is 0. The maximum atomic E-state index is 5.82. The number of nitrogens with one attached hydrogen (secondary N) is 1. The van der Waals surface area contributed by atoms with Crippen LogP contribution in [0.1, 0.15) is 25.3 Å². The molecule has 0 saturated carbocycles. The van der Waals surface area contributed by atoms with Crippen LogP contribution in [0.5, 0.6) is 17.2 Å². The van der Waals surface area contributed by atoms with Crippen molar-refractivity contribution in [2.75, 3.05) is 20.2 Å². The Morgan fingerprint density at radius 3 is 2.76 bits per heavy atom. The van der Waals surface area contributed by atoms with Crippen LogP contribution in [-0.2, 0) is 0 Å².